The predicted molar refractivity (Wildman–Crippen MR) is 35.0 cm³/mol. The largest absolute Gasteiger partial charge is 0.460 e. The van der Waals surface area contributed by atoms with Gasteiger partial charge >= 0.3 is 11.4 Å². The van der Waals surface area contributed by atoms with Gasteiger partial charge in [0.15, 0.2) is 0 Å². The quantitative estimate of drug-likeness (QED) is 0.603. The Balaban J connectivity index is 2.47. The summed E-state index contributed by atoms with van der Waals surface area (Å²) in [6.07, 6.45) is 4.91. The molecular weight excluding hydrogens is 156 g/mol. The molecule has 5 heteroatoms. The number of hydrogen-bond donors (Lipinski definition) is 1. The second-order valence-corrected chi connectivity index (χ2v) is 2.13. The molecule has 1 rings (SSSR count). The van der Waals surface area contributed by atoms with Gasteiger partial charge in [-0.3, -0.25) is 4.55 Å². The minimum absolute atomic E-state index is 0.0725. The molecule has 10 heavy (non-hydrogen) atoms. The number of allylic oxidation sites excluding steroid dienone is 2. The molecule has 1 aliphatic rings. The van der Waals surface area contributed by atoms with Crippen LogP contribution in [0.4, 0.5) is 0 Å². The van der Waals surface area contributed by atoms with Crippen LogP contribution in [0.15, 0.2) is 24.2 Å². The summed E-state index contributed by atoms with van der Waals surface area (Å²) in [5, 5.41) is 0. The van der Waals surface area contributed by atoms with Crippen LogP contribution in [0.1, 0.15) is 0 Å². The van der Waals surface area contributed by atoms with E-state index < -0.39 is 11.4 Å². The lowest BCUT2D eigenvalue weighted by molar-refractivity contribution is 0.126. The summed E-state index contributed by atoms with van der Waals surface area (Å²) in [5.41, 5.74) is 0. The monoisotopic (exact) mass is 162 g/mol. The summed E-state index contributed by atoms with van der Waals surface area (Å²) in [5.74, 6) is 0.0725. The summed E-state index contributed by atoms with van der Waals surface area (Å²) >= 11 is -2.29. The van der Waals surface area contributed by atoms with E-state index in [0.717, 1.165) is 0 Å². The minimum atomic E-state index is -2.29. The van der Waals surface area contributed by atoms with Crippen LogP contribution in [0.3, 0.4) is 0 Å². The van der Waals surface area contributed by atoms with E-state index in [-0.39, 0.29) is 5.95 Å². The van der Waals surface area contributed by atoms with E-state index >= 15 is 0 Å². The number of ether oxygens (including phenoxy) is 1. The molecule has 0 bridgehead atoms. The molecule has 0 aliphatic carbocycles. The summed E-state index contributed by atoms with van der Waals surface area (Å²) in [4.78, 5) is 0. The molecule has 0 aromatic rings. The average molecular weight is 162 g/mol. The zero-order valence-electron chi connectivity index (χ0n) is 5.02. The Bertz CT molecular complexity index is 196. The molecule has 0 amide bonds. The SMILES string of the molecule is O=S(O)OC1=CC=CCO1. The predicted octanol–water partition coefficient (Wildman–Crippen LogP) is 0.568. The van der Waals surface area contributed by atoms with Crippen molar-refractivity contribution in [2.45, 2.75) is 0 Å². The Morgan fingerprint density at radius 2 is 2.60 bits per heavy atom. The summed E-state index contributed by atoms with van der Waals surface area (Å²) in [6.45, 7) is 0.378. The van der Waals surface area contributed by atoms with Crippen molar-refractivity contribution in [1.82, 2.24) is 0 Å². The molecule has 0 aromatic carbocycles. The molecule has 0 aromatic heterocycles. The molecule has 1 heterocycles. The van der Waals surface area contributed by atoms with Crippen LogP contribution in [-0.2, 0) is 20.3 Å². The van der Waals surface area contributed by atoms with Crippen molar-refractivity contribution in [3.05, 3.63) is 24.2 Å². The van der Waals surface area contributed by atoms with Crippen LogP contribution in [0.25, 0.3) is 0 Å². The molecular formula is C5H6O4S. The maximum absolute atomic E-state index is 10.0. The normalized spacial score (nSPS) is 19.1. The summed E-state index contributed by atoms with van der Waals surface area (Å²) in [6, 6.07) is 0. The average Bonchev–Trinajstić information content (AvgIpc) is 1.88. The zero-order chi connectivity index (χ0) is 7.40. The van der Waals surface area contributed by atoms with Crippen LogP contribution >= 0.6 is 0 Å². The molecule has 4 nitrogen and oxygen atoms in total. The van der Waals surface area contributed by atoms with Gasteiger partial charge in [0.1, 0.15) is 6.61 Å². The van der Waals surface area contributed by atoms with Gasteiger partial charge in [-0.2, -0.15) is 4.21 Å². The van der Waals surface area contributed by atoms with E-state index in [0.29, 0.717) is 6.61 Å². The van der Waals surface area contributed by atoms with E-state index in [2.05, 4.69) is 4.18 Å². The van der Waals surface area contributed by atoms with Crippen LogP contribution in [-0.4, -0.2) is 15.4 Å². The van der Waals surface area contributed by atoms with E-state index in [9.17, 15) is 4.21 Å². The molecule has 0 fully saturated rings. The molecule has 1 aliphatic heterocycles. The van der Waals surface area contributed by atoms with Crippen molar-refractivity contribution in [3.8, 4) is 0 Å². The Kier molecular flexibility index (Phi) is 2.47. The van der Waals surface area contributed by atoms with Gasteiger partial charge in [-0.25, -0.2) is 0 Å². The third-order valence-electron chi connectivity index (χ3n) is 0.844. The number of hydrogen-bond acceptors (Lipinski definition) is 3. The minimum Gasteiger partial charge on any atom is -0.460 e. The molecule has 1 atom stereocenters. The van der Waals surface area contributed by atoms with Gasteiger partial charge in [-0.15, -0.1) is 0 Å². The van der Waals surface area contributed by atoms with Gasteiger partial charge in [0.25, 0.3) is 5.95 Å². The summed E-state index contributed by atoms with van der Waals surface area (Å²) < 4.78 is 27.3. The Hall–Kier alpha value is -0.810. The van der Waals surface area contributed by atoms with Gasteiger partial charge in [0, 0.05) is 6.08 Å². The molecule has 56 valence electrons. The second kappa shape index (κ2) is 3.38. The first kappa shape index (κ1) is 7.30. The highest BCUT2D eigenvalue weighted by atomic mass is 32.2. The lowest BCUT2D eigenvalue weighted by atomic mass is 10.4. The van der Waals surface area contributed by atoms with Crippen molar-refractivity contribution >= 4 is 11.4 Å². The van der Waals surface area contributed by atoms with Crippen molar-refractivity contribution < 1.29 is 17.7 Å². The number of rotatable bonds is 2. The second-order valence-electron chi connectivity index (χ2n) is 1.53. The Labute approximate surface area is 60.6 Å². The molecule has 1 unspecified atom stereocenters. The first-order valence-electron chi connectivity index (χ1n) is 2.58. The van der Waals surface area contributed by atoms with Crippen molar-refractivity contribution in [2.24, 2.45) is 0 Å². The van der Waals surface area contributed by atoms with Gasteiger partial charge in [-0.1, -0.05) is 6.08 Å². The lowest BCUT2D eigenvalue weighted by Crippen LogP contribution is -2.02. The van der Waals surface area contributed by atoms with E-state index in [4.69, 9.17) is 9.29 Å². The summed E-state index contributed by atoms with van der Waals surface area (Å²) in [7, 11) is 0. The topological polar surface area (TPSA) is 55.8 Å². The van der Waals surface area contributed by atoms with E-state index in [1.165, 1.54) is 6.08 Å². The molecule has 0 saturated carbocycles. The Morgan fingerprint density at radius 1 is 1.80 bits per heavy atom. The smallest absolute Gasteiger partial charge is 0.360 e. The fraction of sp³-hybridized carbons (Fsp3) is 0.200. The van der Waals surface area contributed by atoms with E-state index in [1.54, 1.807) is 12.2 Å². The molecule has 0 saturated heterocycles. The molecule has 0 radical (unpaired) electrons. The maximum Gasteiger partial charge on any atom is 0.360 e. The standard InChI is InChI=1S/C5H6O4S/c6-10(7)9-5-3-1-2-4-8-5/h1-3H,4H2,(H,6,7). The first-order valence-corrected chi connectivity index (χ1v) is 3.61. The lowest BCUT2D eigenvalue weighted by Gasteiger charge is -2.07. The van der Waals surface area contributed by atoms with Crippen LogP contribution in [0.5, 0.6) is 0 Å². The fourth-order valence-electron chi connectivity index (χ4n) is 0.503. The third-order valence-corrected chi connectivity index (χ3v) is 1.15. The van der Waals surface area contributed by atoms with Crippen LogP contribution in [0, 0.1) is 0 Å². The Morgan fingerprint density at radius 3 is 3.10 bits per heavy atom. The van der Waals surface area contributed by atoms with Gasteiger partial charge in [-0.05, 0) is 6.08 Å². The molecule has 1 N–H and O–H groups in total. The first-order chi connectivity index (χ1) is 4.79. The van der Waals surface area contributed by atoms with E-state index in [1.807, 2.05) is 0 Å². The zero-order valence-corrected chi connectivity index (χ0v) is 5.84. The van der Waals surface area contributed by atoms with Gasteiger partial charge in [0.05, 0.1) is 0 Å². The van der Waals surface area contributed by atoms with Crippen molar-refractivity contribution in [3.63, 3.8) is 0 Å². The van der Waals surface area contributed by atoms with Gasteiger partial charge in [0.2, 0.25) is 0 Å². The highest BCUT2D eigenvalue weighted by molar-refractivity contribution is 7.74. The highest BCUT2D eigenvalue weighted by Crippen LogP contribution is 2.05. The third kappa shape index (κ3) is 2.20. The van der Waals surface area contributed by atoms with Crippen LogP contribution < -0.4 is 0 Å². The molecule has 0 spiro atoms. The maximum atomic E-state index is 10.0. The highest BCUT2D eigenvalue weighted by Gasteiger charge is 2.03. The van der Waals surface area contributed by atoms with Crippen LogP contribution in [0.2, 0.25) is 0 Å². The fourth-order valence-corrected chi connectivity index (χ4v) is 0.747. The van der Waals surface area contributed by atoms with Crippen molar-refractivity contribution in [1.29, 1.82) is 0 Å². The van der Waals surface area contributed by atoms with Crippen molar-refractivity contribution in [2.75, 3.05) is 6.61 Å². The van der Waals surface area contributed by atoms with Gasteiger partial charge < -0.3 is 8.92 Å².